The summed E-state index contributed by atoms with van der Waals surface area (Å²) in [4.78, 5) is 30.2. The van der Waals surface area contributed by atoms with Crippen LogP contribution in [0.5, 0.6) is 11.5 Å². The Balaban J connectivity index is 1.38. The third kappa shape index (κ3) is 4.31. The summed E-state index contributed by atoms with van der Waals surface area (Å²) in [5.74, 6) is 1.36. The van der Waals surface area contributed by atoms with E-state index in [1.807, 2.05) is 64.4 Å². The summed E-state index contributed by atoms with van der Waals surface area (Å²) < 4.78 is 13.1. The standard InChI is InChI=1S/C27H28BrN3O4/c1-34-23-15-19-16-25(28)31-21(20(19)17-24(23)35-2)9-10-22(31)27(33)30-12-6-11-29(13-14-30)26(32)18-7-4-3-5-8-18/h3-5,7-10,15,17,25H,6,11-14,16H2,1-2H3. The number of methoxy groups -OCH3 is 2. The number of nitrogens with zero attached hydrogens (tertiary/aromatic N) is 3. The molecule has 0 spiro atoms. The van der Waals surface area contributed by atoms with Gasteiger partial charge in [-0.1, -0.05) is 34.1 Å². The highest BCUT2D eigenvalue weighted by atomic mass is 79.9. The van der Waals surface area contributed by atoms with Gasteiger partial charge in [0, 0.05) is 43.7 Å². The first-order chi connectivity index (χ1) is 17.0. The molecule has 1 atom stereocenters. The predicted octanol–water partition coefficient (Wildman–Crippen LogP) is 4.61. The van der Waals surface area contributed by atoms with Gasteiger partial charge in [-0.25, -0.2) is 0 Å². The third-order valence-electron chi connectivity index (χ3n) is 6.78. The number of carbonyl (C=O) groups excluding carboxylic acids is 2. The Morgan fingerprint density at radius 3 is 2.20 bits per heavy atom. The molecule has 0 saturated carbocycles. The van der Waals surface area contributed by atoms with E-state index in [-0.39, 0.29) is 16.8 Å². The van der Waals surface area contributed by atoms with Crippen molar-refractivity contribution in [2.75, 3.05) is 40.4 Å². The van der Waals surface area contributed by atoms with Gasteiger partial charge in [-0.2, -0.15) is 0 Å². The van der Waals surface area contributed by atoms with Crippen LogP contribution < -0.4 is 9.47 Å². The van der Waals surface area contributed by atoms with Crippen LogP contribution in [-0.4, -0.2) is 66.6 Å². The van der Waals surface area contributed by atoms with Gasteiger partial charge in [0.25, 0.3) is 11.8 Å². The monoisotopic (exact) mass is 537 g/mol. The topological polar surface area (TPSA) is 64.0 Å². The second-order valence-electron chi connectivity index (χ2n) is 8.78. The molecule has 3 heterocycles. The highest BCUT2D eigenvalue weighted by molar-refractivity contribution is 9.09. The molecule has 35 heavy (non-hydrogen) atoms. The fraction of sp³-hybridized carbons (Fsp3) is 0.333. The summed E-state index contributed by atoms with van der Waals surface area (Å²) in [6.45, 7) is 2.28. The van der Waals surface area contributed by atoms with Gasteiger partial charge in [-0.15, -0.1) is 0 Å². The summed E-state index contributed by atoms with van der Waals surface area (Å²) >= 11 is 3.80. The van der Waals surface area contributed by atoms with Gasteiger partial charge >= 0.3 is 0 Å². The number of alkyl halides is 1. The van der Waals surface area contributed by atoms with Gasteiger partial charge < -0.3 is 23.8 Å². The van der Waals surface area contributed by atoms with Crippen LogP contribution in [0.25, 0.3) is 11.3 Å². The lowest BCUT2D eigenvalue weighted by atomic mass is 9.97. The molecule has 2 aliphatic heterocycles. The molecule has 0 aliphatic carbocycles. The molecule has 182 valence electrons. The summed E-state index contributed by atoms with van der Waals surface area (Å²) in [6, 6.07) is 17.2. The minimum Gasteiger partial charge on any atom is -0.493 e. The summed E-state index contributed by atoms with van der Waals surface area (Å²) in [5, 5.41) is 0. The molecule has 0 radical (unpaired) electrons. The predicted molar refractivity (Wildman–Crippen MR) is 138 cm³/mol. The van der Waals surface area contributed by atoms with E-state index < -0.39 is 0 Å². The molecule has 5 rings (SSSR count). The van der Waals surface area contributed by atoms with Crippen molar-refractivity contribution in [2.24, 2.45) is 0 Å². The summed E-state index contributed by atoms with van der Waals surface area (Å²) in [5.41, 5.74) is 4.46. The van der Waals surface area contributed by atoms with Gasteiger partial charge in [0.15, 0.2) is 11.5 Å². The maximum Gasteiger partial charge on any atom is 0.270 e. The summed E-state index contributed by atoms with van der Waals surface area (Å²) in [7, 11) is 3.26. The van der Waals surface area contributed by atoms with Gasteiger partial charge in [-0.05, 0) is 48.4 Å². The number of benzene rings is 2. The van der Waals surface area contributed by atoms with Gasteiger partial charge in [0.05, 0.1) is 24.9 Å². The molecule has 0 N–H and O–H groups in total. The number of halogens is 1. The lowest BCUT2D eigenvalue weighted by Crippen LogP contribution is -2.38. The van der Waals surface area contributed by atoms with E-state index in [4.69, 9.17) is 9.47 Å². The Morgan fingerprint density at radius 2 is 1.51 bits per heavy atom. The van der Waals surface area contributed by atoms with Crippen LogP contribution in [0.1, 0.15) is 37.8 Å². The van der Waals surface area contributed by atoms with Crippen molar-refractivity contribution in [3.63, 3.8) is 0 Å². The van der Waals surface area contributed by atoms with Gasteiger partial charge in [-0.3, -0.25) is 9.59 Å². The zero-order chi connectivity index (χ0) is 24.5. The average molecular weight is 538 g/mol. The van der Waals surface area contributed by atoms with Crippen molar-refractivity contribution in [3.05, 3.63) is 71.4 Å². The molecule has 8 heteroatoms. The van der Waals surface area contributed by atoms with Crippen molar-refractivity contribution >= 4 is 27.7 Å². The molecule has 2 amide bonds. The minimum absolute atomic E-state index is 0.0152. The van der Waals surface area contributed by atoms with E-state index in [1.165, 1.54) is 0 Å². The van der Waals surface area contributed by atoms with E-state index in [0.29, 0.717) is 48.9 Å². The first-order valence-corrected chi connectivity index (χ1v) is 12.7. The Kier molecular flexibility index (Phi) is 6.56. The third-order valence-corrected chi connectivity index (χ3v) is 7.52. The first kappa shape index (κ1) is 23.5. The fourth-order valence-corrected chi connectivity index (χ4v) is 5.78. The van der Waals surface area contributed by atoms with Crippen molar-refractivity contribution < 1.29 is 19.1 Å². The maximum atomic E-state index is 13.6. The molecule has 3 aromatic rings. The SMILES string of the molecule is COc1cc2c(cc1OC)-c1ccc(C(=O)N3CCCN(C(=O)c4ccccc4)CC3)n1C(Br)C2. The highest BCUT2D eigenvalue weighted by Gasteiger charge is 2.31. The van der Waals surface area contributed by atoms with Crippen LogP contribution in [0.3, 0.4) is 0 Å². The van der Waals surface area contributed by atoms with E-state index in [2.05, 4.69) is 20.5 Å². The Morgan fingerprint density at radius 1 is 0.857 bits per heavy atom. The zero-order valence-corrected chi connectivity index (χ0v) is 21.5. The molecule has 2 aromatic carbocycles. The number of fused-ring (bicyclic) bond motifs is 3. The molecule has 1 aromatic heterocycles. The molecule has 1 fully saturated rings. The number of aromatic nitrogens is 1. The Labute approximate surface area is 213 Å². The number of ether oxygens (including phenoxy) is 2. The molecule has 2 aliphatic rings. The Hall–Kier alpha value is -3.26. The second kappa shape index (κ2) is 9.77. The van der Waals surface area contributed by atoms with Crippen molar-refractivity contribution in [1.29, 1.82) is 0 Å². The van der Waals surface area contributed by atoms with Crippen LogP contribution in [0.4, 0.5) is 0 Å². The van der Waals surface area contributed by atoms with Gasteiger partial charge in [0.2, 0.25) is 0 Å². The van der Waals surface area contributed by atoms with E-state index in [1.54, 1.807) is 14.2 Å². The minimum atomic E-state index is -0.0554. The highest BCUT2D eigenvalue weighted by Crippen LogP contribution is 2.44. The number of hydrogen-bond acceptors (Lipinski definition) is 4. The quantitative estimate of drug-likeness (QED) is 0.456. The van der Waals surface area contributed by atoms with Crippen molar-refractivity contribution in [3.8, 4) is 22.8 Å². The van der Waals surface area contributed by atoms with Crippen LogP contribution in [0, 0.1) is 0 Å². The molecule has 0 bridgehead atoms. The number of carbonyl (C=O) groups is 2. The van der Waals surface area contributed by atoms with Crippen LogP contribution in [-0.2, 0) is 6.42 Å². The first-order valence-electron chi connectivity index (χ1n) is 11.8. The lowest BCUT2D eigenvalue weighted by Gasteiger charge is -2.29. The lowest BCUT2D eigenvalue weighted by molar-refractivity contribution is 0.0713. The van der Waals surface area contributed by atoms with E-state index in [9.17, 15) is 9.59 Å². The fourth-order valence-electron chi connectivity index (χ4n) is 4.99. The summed E-state index contributed by atoms with van der Waals surface area (Å²) in [6.07, 6.45) is 1.46. The molecular formula is C27H28BrN3O4. The van der Waals surface area contributed by atoms with Gasteiger partial charge in [0.1, 0.15) is 5.69 Å². The normalized spacial score (nSPS) is 17.3. The number of rotatable bonds is 4. The number of amides is 2. The largest absolute Gasteiger partial charge is 0.493 e. The van der Waals surface area contributed by atoms with Crippen LogP contribution in [0.2, 0.25) is 0 Å². The van der Waals surface area contributed by atoms with E-state index >= 15 is 0 Å². The second-order valence-corrected chi connectivity index (χ2v) is 9.84. The van der Waals surface area contributed by atoms with Crippen LogP contribution in [0.15, 0.2) is 54.6 Å². The smallest absolute Gasteiger partial charge is 0.270 e. The van der Waals surface area contributed by atoms with Crippen LogP contribution >= 0.6 is 15.9 Å². The number of hydrogen-bond donors (Lipinski definition) is 0. The average Bonchev–Trinajstić information content (AvgIpc) is 3.20. The molecular weight excluding hydrogens is 510 g/mol. The van der Waals surface area contributed by atoms with Crippen molar-refractivity contribution in [2.45, 2.75) is 17.8 Å². The Bertz CT molecular complexity index is 1260. The van der Waals surface area contributed by atoms with E-state index in [0.717, 1.165) is 29.7 Å². The van der Waals surface area contributed by atoms with Crippen molar-refractivity contribution in [1.82, 2.24) is 14.4 Å². The molecule has 7 nitrogen and oxygen atoms in total. The molecule has 1 unspecified atom stereocenters. The molecule has 1 saturated heterocycles. The zero-order valence-electron chi connectivity index (χ0n) is 19.9. The maximum absolute atomic E-state index is 13.6.